The number of rotatable bonds is 5. The van der Waals surface area contributed by atoms with Crippen molar-refractivity contribution in [2.24, 2.45) is 0 Å². The summed E-state index contributed by atoms with van der Waals surface area (Å²) in [7, 11) is -1.15. The van der Waals surface area contributed by atoms with E-state index >= 15 is 0 Å². The third-order valence-corrected chi connectivity index (χ3v) is 9.14. The van der Waals surface area contributed by atoms with Gasteiger partial charge in [0.1, 0.15) is 23.2 Å². The standard InChI is InChI=1S/C19H22P/c1-3-18-19(4-2)20(18,17-13-9-6-10-14-17)15-16-11-7-5-8-12-16/h5-14H,3-4,15H2,1-2H3/q+1. The summed E-state index contributed by atoms with van der Waals surface area (Å²) in [4.78, 5) is 0. The van der Waals surface area contributed by atoms with Crippen LogP contribution in [0.5, 0.6) is 0 Å². The Kier molecular flexibility index (Phi) is 3.76. The average molecular weight is 281 g/mol. The molecule has 0 aromatic heterocycles. The molecule has 0 spiro atoms. The van der Waals surface area contributed by atoms with Gasteiger partial charge in [0, 0.05) is 12.8 Å². The molecule has 20 heavy (non-hydrogen) atoms. The summed E-state index contributed by atoms with van der Waals surface area (Å²) in [5.74, 6) is 0. The van der Waals surface area contributed by atoms with E-state index in [1.165, 1.54) is 24.6 Å². The fourth-order valence-corrected chi connectivity index (χ4v) is 8.63. The zero-order valence-corrected chi connectivity index (χ0v) is 13.2. The Bertz CT molecular complexity index is 597. The van der Waals surface area contributed by atoms with Gasteiger partial charge in [-0.1, -0.05) is 62.4 Å². The van der Waals surface area contributed by atoms with Crippen LogP contribution in [0.3, 0.4) is 0 Å². The molecule has 2 aromatic rings. The summed E-state index contributed by atoms with van der Waals surface area (Å²) < 4.78 is 0. The van der Waals surface area contributed by atoms with Crippen LogP contribution < -0.4 is 5.30 Å². The van der Waals surface area contributed by atoms with Gasteiger partial charge >= 0.3 is 0 Å². The topological polar surface area (TPSA) is 0 Å². The Morgan fingerprint density at radius 1 is 0.700 bits per heavy atom. The van der Waals surface area contributed by atoms with E-state index in [1.807, 2.05) is 0 Å². The molecule has 0 saturated carbocycles. The lowest BCUT2D eigenvalue weighted by atomic mass is 10.2. The highest BCUT2D eigenvalue weighted by Crippen LogP contribution is 2.88. The molecule has 1 heterocycles. The molecule has 0 saturated heterocycles. The molecule has 0 atom stereocenters. The molecule has 0 aliphatic carbocycles. The lowest BCUT2D eigenvalue weighted by molar-refractivity contribution is 1.16. The van der Waals surface area contributed by atoms with Gasteiger partial charge in [-0.2, -0.15) is 0 Å². The van der Waals surface area contributed by atoms with Crippen LogP contribution in [-0.4, -0.2) is 0 Å². The minimum Gasteiger partial charge on any atom is -0.0622 e. The highest BCUT2D eigenvalue weighted by atomic mass is 31.2. The van der Waals surface area contributed by atoms with Crippen molar-refractivity contribution in [3.8, 4) is 0 Å². The van der Waals surface area contributed by atoms with E-state index < -0.39 is 7.26 Å². The van der Waals surface area contributed by atoms with Crippen LogP contribution in [0, 0.1) is 0 Å². The molecular formula is C19H22P+. The van der Waals surface area contributed by atoms with Gasteiger partial charge in [0.2, 0.25) is 0 Å². The van der Waals surface area contributed by atoms with Gasteiger partial charge in [0.25, 0.3) is 0 Å². The fraction of sp³-hybridized carbons (Fsp3) is 0.263. The summed E-state index contributed by atoms with van der Waals surface area (Å²) in [5, 5.41) is 5.13. The normalized spacial score (nSPS) is 16.3. The van der Waals surface area contributed by atoms with Crippen molar-refractivity contribution in [3.63, 3.8) is 0 Å². The summed E-state index contributed by atoms with van der Waals surface area (Å²) in [6, 6.07) is 22.2. The molecule has 1 aliphatic heterocycles. The molecule has 0 radical (unpaired) electrons. The van der Waals surface area contributed by atoms with Gasteiger partial charge in [-0.3, -0.25) is 0 Å². The third-order valence-electron chi connectivity index (χ3n) is 4.33. The second-order valence-corrected chi connectivity index (χ2v) is 8.92. The third kappa shape index (κ3) is 2.13. The molecule has 0 amide bonds. The first kappa shape index (κ1) is 13.6. The van der Waals surface area contributed by atoms with Gasteiger partial charge < -0.3 is 0 Å². The van der Waals surface area contributed by atoms with E-state index in [-0.39, 0.29) is 0 Å². The van der Waals surface area contributed by atoms with E-state index in [2.05, 4.69) is 74.5 Å². The van der Waals surface area contributed by atoms with Crippen molar-refractivity contribution in [1.82, 2.24) is 0 Å². The number of benzene rings is 2. The molecule has 1 heteroatoms. The molecule has 0 unspecified atom stereocenters. The van der Waals surface area contributed by atoms with Gasteiger partial charge in [0.15, 0.2) is 0 Å². The Hall–Kier alpha value is -1.39. The predicted molar refractivity (Wildman–Crippen MR) is 90.8 cm³/mol. The van der Waals surface area contributed by atoms with E-state index in [4.69, 9.17) is 0 Å². The molecule has 0 nitrogen and oxygen atoms in total. The Labute approximate surface area is 122 Å². The Morgan fingerprint density at radius 3 is 1.70 bits per heavy atom. The highest BCUT2D eigenvalue weighted by molar-refractivity contribution is 7.95. The van der Waals surface area contributed by atoms with Crippen LogP contribution in [-0.2, 0) is 6.16 Å². The minimum atomic E-state index is -1.15. The molecule has 0 N–H and O–H groups in total. The number of allylic oxidation sites excluding steroid dienone is 2. The summed E-state index contributed by atoms with van der Waals surface area (Å²) in [6.07, 6.45) is 3.67. The lowest BCUT2D eigenvalue weighted by Gasteiger charge is -2.13. The molecule has 1 aliphatic rings. The maximum Gasteiger partial charge on any atom is 0.120 e. The number of hydrogen-bond donors (Lipinski definition) is 0. The second-order valence-electron chi connectivity index (χ2n) is 5.39. The highest BCUT2D eigenvalue weighted by Gasteiger charge is 2.62. The summed E-state index contributed by atoms with van der Waals surface area (Å²) in [5.41, 5.74) is 1.49. The summed E-state index contributed by atoms with van der Waals surface area (Å²) in [6.45, 7) is 4.64. The van der Waals surface area contributed by atoms with Gasteiger partial charge in [-0.25, -0.2) is 0 Å². The summed E-state index contributed by atoms with van der Waals surface area (Å²) >= 11 is 0. The molecule has 0 fully saturated rings. The van der Waals surface area contributed by atoms with Gasteiger partial charge in [0.05, 0.1) is 6.16 Å². The SMILES string of the molecule is CCC1=C(CC)[P+]1(Cc1ccccc1)c1ccccc1. The fourth-order valence-electron chi connectivity index (χ4n) is 3.47. The van der Waals surface area contributed by atoms with Gasteiger partial charge in [-0.05, 0) is 17.7 Å². The van der Waals surface area contributed by atoms with Crippen molar-refractivity contribution in [1.29, 1.82) is 0 Å². The van der Waals surface area contributed by atoms with E-state index in [9.17, 15) is 0 Å². The van der Waals surface area contributed by atoms with Crippen molar-refractivity contribution >= 4 is 12.6 Å². The quantitative estimate of drug-likeness (QED) is 0.628. The van der Waals surface area contributed by atoms with Crippen LogP contribution >= 0.6 is 7.26 Å². The van der Waals surface area contributed by atoms with Crippen LogP contribution in [0.2, 0.25) is 0 Å². The first-order valence-corrected chi connectivity index (χ1v) is 9.51. The Morgan fingerprint density at radius 2 is 1.20 bits per heavy atom. The zero-order valence-electron chi connectivity index (χ0n) is 12.3. The van der Waals surface area contributed by atoms with Crippen molar-refractivity contribution in [2.75, 3.05) is 0 Å². The minimum absolute atomic E-state index is 1.15. The molecule has 2 aromatic carbocycles. The van der Waals surface area contributed by atoms with Crippen LogP contribution in [0.15, 0.2) is 71.3 Å². The second kappa shape index (κ2) is 5.54. The lowest BCUT2D eigenvalue weighted by Crippen LogP contribution is -2.05. The zero-order chi connectivity index (χ0) is 14.0. The molecule has 102 valence electrons. The largest absolute Gasteiger partial charge is 0.120 e. The van der Waals surface area contributed by atoms with E-state index in [0.717, 1.165) is 0 Å². The van der Waals surface area contributed by atoms with Crippen LogP contribution in [0.1, 0.15) is 32.3 Å². The van der Waals surface area contributed by atoms with Gasteiger partial charge in [-0.15, -0.1) is 0 Å². The van der Waals surface area contributed by atoms with Crippen LogP contribution in [0.4, 0.5) is 0 Å². The van der Waals surface area contributed by atoms with Crippen molar-refractivity contribution in [2.45, 2.75) is 32.9 Å². The maximum absolute atomic E-state index is 2.34. The predicted octanol–water partition coefficient (Wildman–Crippen LogP) is 5.57. The number of hydrogen-bond acceptors (Lipinski definition) is 0. The van der Waals surface area contributed by atoms with Crippen molar-refractivity contribution < 1.29 is 0 Å². The first-order valence-electron chi connectivity index (χ1n) is 7.53. The maximum atomic E-state index is 2.34. The molecule has 0 bridgehead atoms. The average Bonchev–Trinajstić information content (AvgIpc) is 3.16. The van der Waals surface area contributed by atoms with Crippen molar-refractivity contribution in [3.05, 3.63) is 76.9 Å². The smallest absolute Gasteiger partial charge is 0.0622 e. The van der Waals surface area contributed by atoms with Crippen LogP contribution in [0.25, 0.3) is 0 Å². The molecule has 3 rings (SSSR count). The van der Waals surface area contributed by atoms with E-state index in [0.29, 0.717) is 0 Å². The molecular weight excluding hydrogens is 259 g/mol. The first-order chi connectivity index (χ1) is 9.82. The monoisotopic (exact) mass is 281 g/mol. The van der Waals surface area contributed by atoms with E-state index in [1.54, 1.807) is 15.9 Å². The Balaban J connectivity index is 1.99.